The van der Waals surface area contributed by atoms with Crippen LogP contribution < -0.4 is 5.32 Å². The quantitative estimate of drug-likeness (QED) is 0.589. The highest BCUT2D eigenvalue weighted by molar-refractivity contribution is 7.89. The first kappa shape index (κ1) is 16.4. The molecule has 0 spiro atoms. The Labute approximate surface area is 114 Å². The second kappa shape index (κ2) is 7.78. The summed E-state index contributed by atoms with van der Waals surface area (Å²) < 4.78 is 34.9. The highest BCUT2D eigenvalue weighted by atomic mass is 32.2. The number of hydrogen-bond acceptors (Lipinski definition) is 6. The number of nitrogens with one attached hydrogen (secondary N) is 1. The van der Waals surface area contributed by atoms with Crippen molar-refractivity contribution < 1.29 is 22.7 Å². The molecule has 1 aliphatic heterocycles. The molecule has 0 aromatic rings. The Morgan fingerprint density at radius 2 is 2.16 bits per heavy atom. The fraction of sp³-hybridized carbons (Fsp3) is 0.909. The zero-order valence-corrected chi connectivity index (χ0v) is 12.2. The largest absolute Gasteiger partial charge is 0.468 e. The summed E-state index contributed by atoms with van der Waals surface area (Å²) in [5.74, 6) is -1.37. The number of carbonyl (C=O) groups excluding carboxylic acids is 1. The molecule has 0 bridgehead atoms. The van der Waals surface area contributed by atoms with Crippen molar-refractivity contribution in [1.82, 2.24) is 9.62 Å². The molecule has 0 saturated carbocycles. The van der Waals surface area contributed by atoms with Crippen molar-refractivity contribution in [1.29, 1.82) is 0 Å². The molecule has 8 heteroatoms. The molecule has 7 nitrogen and oxygen atoms in total. The molecule has 1 heterocycles. The molecule has 0 aromatic heterocycles. The van der Waals surface area contributed by atoms with Crippen molar-refractivity contribution in [3.8, 4) is 0 Å². The van der Waals surface area contributed by atoms with Gasteiger partial charge in [-0.25, -0.2) is 8.42 Å². The van der Waals surface area contributed by atoms with Gasteiger partial charge in [-0.1, -0.05) is 0 Å². The molecule has 1 saturated heterocycles. The van der Waals surface area contributed by atoms with E-state index >= 15 is 0 Å². The van der Waals surface area contributed by atoms with Crippen molar-refractivity contribution in [2.75, 3.05) is 46.2 Å². The Morgan fingerprint density at radius 1 is 1.42 bits per heavy atom. The van der Waals surface area contributed by atoms with Crippen LogP contribution in [0.25, 0.3) is 0 Å². The van der Waals surface area contributed by atoms with Crippen LogP contribution in [-0.2, 0) is 24.3 Å². The fourth-order valence-electron chi connectivity index (χ4n) is 1.99. The third-order valence-corrected chi connectivity index (χ3v) is 4.77. The Kier molecular flexibility index (Phi) is 6.70. The van der Waals surface area contributed by atoms with Crippen molar-refractivity contribution in [2.45, 2.75) is 18.9 Å². The standard InChI is InChI=1S/C11H22N2O5S/c1-17-7-6-13(8-10-4-3-5-12-10)19(15,16)9-11(14)18-2/h10,12H,3-9H2,1-2H3. The number of esters is 1. The van der Waals surface area contributed by atoms with E-state index in [1.165, 1.54) is 18.5 Å². The monoisotopic (exact) mass is 294 g/mol. The van der Waals surface area contributed by atoms with Crippen LogP contribution in [0.5, 0.6) is 0 Å². The van der Waals surface area contributed by atoms with Gasteiger partial charge in [0.25, 0.3) is 0 Å². The maximum absolute atomic E-state index is 12.1. The van der Waals surface area contributed by atoms with Gasteiger partial charge in [-0.3, -0.25) is 4.79 Å². The third-order valence-electron chi connectivity index (χ3n) is 3.05. The Balaban J connectivity index is 2.67. The maximum Gasteiger partial charge on any atom is 0.322 e. The van der Waals surface area contributed by atoms with Gasteiger partial charge in [0.2, 0.25) is 10.0 Å². The van der Waals surface area contributed by atoms with Crippen molar-refractivity contribution in [3.05, 3.63) is 0 Å². The van der Waals surface area contributed by atoms with Crippen molar-refractivity contribution >= 4 is 16.0 Å². The van der Waals surface area contributed by atoms with Crippen LogP contribution in [0.1, 0.15) is 12.8 Å². The SMILES string of the molecule is COCCN(CC1CCCN1)S(=O)(=O)CC(=O)OC. The lowest BCUT2D eigenvalue weighted by molar-refractivity contribution is -0.137. The second-order valence-corrected chi connectivity index (χ2v) is 6.45. The van der Waals surface area contributed by atoms with Gasteiger partial charge >= 0.3 is 5.97 Å². The highest BCUT2D eigenvalue weighted by Crippen LogP contribution is 2.10. The van der Waals surface area contributed by atoms with E-state index in [0.29, 0.717) is 13.2 Å². The first-order chi connectivity index (χ1) is 8.99. The Morgan fingerprint density at radius 3 is 2.68 bits per heavy atom. The van der Waals surface area contributed by atoms with E-state index < -0.39 is 21.7 Å². The summed E-state index contributed by atoms with van der Waals surface area (Å²) in [7, 11) is -0.965. The zero-order chi connectivity index (χ0) is 14.3. The van der Waals surface area contributed by atoms with Crippen LogP contribution in [0.3, 0.4) is 0 Å². The van der Waals surface area contributed by atoms with Crippen molar-refractivity contribution in [2.24, 2.45) is 0 Å². The molecule has 0 aliphatic carbocycles. The van der Waals surface area contributed by atoms with Gasteiger partial charge < -0.3 is 14.8 Å². The van der Waals surface area contributed by atoms with Gasteiger partial charge in [-0.05, 0) is 19.4 Å². The molecular formula is C11H22N2O5S. The predicted octanol–water partition coefficient (Wildman–Crippen LogP) is -0.810. The Bertz CT molecular complexity index is 379. The molecular weight excluding hydrogens is 272 g/mol. The van der Waals surface area contributed by atoms with Crippen LogP contribution in [0.2, 0.25) is 0 Å². The van der Waals surface area contributed by atoms with E-state index in [9.17, 15) is 13.2 Å². The smallest absolute Gasteiger partial charge is 0.322 e. The first-order valence-corrected chi connectivity index (χ1v) is 7.87. The van der Waals surface area contributed by atoms with Crippen LogP contribution >= 0.6 is 0 Å². The van der Waals surface area contributed by atoms with E-state index in [4.69, 9.17) is 4.74 Å². The number of rotatable bonds is 8. The van der Waals surface area contributed by atoms with E-state index in [-0.39, 0.29) is 12.6 Å². The first-order valence-electron chi connectivity index (χ1n) is 6.26. The molecule has 0 amide bonds. The lowest BCUT2D eigenvalue weighted by Crippen LogP contribution is -2.44. The lowest BCUT2D eigenvalue weighted by Gasteiger charge is -2.24. The molecule has 1 N–H and O–H groups in total. The van der Waals surface area contributed by atoms with E-state index in [0.717, 1.165) is 19.4 Å². The maximum atomic E-state index is 12.1. The van der Waals surface area contributed by atoms with Gasteiger partial charge in [0.05, 0.1) is 13.7 Å². The third kappa shape index (κ3) is 5.43. The van der Waals surface area contributed by atoms with E-state index in [1.54, 1.807) is 0 Å². The van der Waals surface area contributed by atoms with Crippen LogP contribution in [0.15, 0.2) is 0 Å². The number of carbonyl (C=O) groups is 1. The van der Waals surface area contributed by atoms with Crippen molar-refractivity contribution in [3.63, 3.8) is 0 Å². The Hall–Kier alpha value is -0.700. The van der Waals surface area contributed by atoms with Gasteiger partial charge in [0.15, 0.2) is 5.75 Å². The zero-order valence-electron chi connectivity index (χ0n) is 11.4. The minimum Gasteiger partial charge on any atom is -0.468 e. The molecule has 112 valence electrons. The van der Waals surface area contributed by atoms with Crippen LogP contribution in [0.4, 0.5) is 0 Å². The van der Waals surface area contributed by atoms with Gasteiger partial charge in [0.1, 0.15) is 0 Å². The molecule has 1 aliphatic rings. The molecule has 0 aromatic carbocycles. The molecule has 1 unspecified atom stereocenters. The average Bonchev–Trinajstić information content (AvgIpc) is 2.86. The van der Waals surface area contributed by atoms with Gasteiger partial charge in [0, 0.05) is 26.2 Å². The summed E-state index contributed by atoms with van der Waals surface area (Å²) in [5, 5.41) is 3.24. The topological polar surface area (TPSA) is 84.9 Å². The average molecular weight is 294 g/mol. The minimum absolute atomic E-state index is 0.143. The normalized spacial score (nSPS) is 19.8. The summed E-state index contributed by atoms with van der Waals surface area (Å²) >= 11 is 0. The number of sulfonamides is 1. The molecule has 1 fully saturated rings. The second-order valence-electron chi connectivity index (χ2n) is 4.48. The van der Waals surface area contributed by atoms with Gasteiger partial charge in [-0.2, -0.15) is 4.31 Å². The number of ether oxygens (including phenoxy) is 2. The summed E-state index contributed by atoms with van der Waals surface area (Å²) in [6, 6.07) is 0.143. The number of methoxy groups -OCH3 is 2. The minimum atomic E-state index is -3.65. The van der Waals surface area contributed by atoms with Crippen LogP contribution in [-0.4, -0.2) is 70.9 Å². The summed E-state index contributed by atoms with van der Waals surface area (Å²) in [6.07, 6.45) is 1.98. The molecule has 0 radical (unpaired) electrons. The summed E-state index contributed by atoms with van der Waals surface area (Å²) in [4.78, 5) is 11.2. The molecule has 19 heavy (non-hydrogen) atoms. The number of nitrogens with zero attached hydrogens (tertiary/aromatic N) is 1. The number of hydrogen-bond donors (Lipinski definition) is 1. The summed E-state index contributed by atoms with van der Waals surface area (Å²) in [5.41, 5.74) is 0. The molecule has 1 rings (SSSR count). The molecule has 1 atom stereocenters. The lowest BCUT2D eigenvalue weighted by atomic mass is 10.2. The van der Waals surface area contributed by atoms with Crippen LogP contribution in [0, 0.1) is 0 Å². The summed E-state index contributed by atoms with van der Waals surface area (Å²) in [6.45, 7) is 1.81. The van der Waals surface area contributed by atoms with E-state index in [1.807, 2.05) is 0 Å². The fourth-order valence-corrected chi connectivity index (χ4v) is 3.35. The predicted molar refractivity (Wildman–Crippen MR) is 70.3 cm³/mol. The van der Waals surface area contributed by atoms with Gasteiger partial charge in [-0.15, -0.1) is 0 Å². The highest BCUT2D eigenvalue weighted by Gasteiger charge is 2.28. The van der Waals surface area contributed by atoms with E-state index in [2.05, 4.69) is 10.1 Å².